The number of nitrogens with zero attached hydrogens (tertiary/aromatic N) is 1. The molecule has 0 saturated carbocycles. The van der Waals surface area contributed by atoms with Gasteiger partial charge in [0, 0.05) is 24.7 Å². The molecule has 1 fully saturated rings. The van der Waals surface area contributed by atoms with Crippen molar-refractivity contribution in [3.8, 4) is 0 Å². The van der Waals surface area contributed by atoms with E-state index < -0.39 is 10.0 Å². The van der Waals surface area contributed by atoms with Crippen LogP contribution in [0.25, 0.3) is 0 Å². The molecule has 0 aliphatic carbocycles. The van der Waals surface area contributed by atoms with Crippen LogP contribution in [0, 0.1) is 5.92 Å². The summed E-state index contributed by atoms with van der Waals surface area (Å²) in [7, 11) is -3.44. The predicted octanol–water partition coefficient (Wildman–Crippen LogP) is 3.20. The number of carbonyl (C=O) groups is 1. The van der Waals surface area contributed by atoms with Crippen molar-refractivity contribution in [3.63, 3.8) is 0 Å². The highest BCUT2D eigenvalue weighted by molar-refractivity contribution is 7.88. The Kier molecular flexibility index (Phi) is 6.52. The van der Waals surface area contributed by atoms with Crippen molar-refractivity contribution in [2.75, 3.05) is 13.1 Å². The summed E-state index contributed by atoms with van der Waals surface area (Å²) >= 11 is 5.86. The summed E-state index contributed by atoms with van der Waals surface area (Å²) in [4.78, 5) is 12.5. The Balaban J connectivity index is 1.58. The molecule has 0 radical (unpaired) electrons. The first-order valence-corrected chi connectivity index (χ1v) is 11.0. The van der Waals surface area contributed by atoms with Gasteiger partial charge in [0.25, 0.3) is 0 Å². The standard InChI is InChI=1S/C20H23ClN2O3S/c21-19-10-8-16(9-11-19)13-22-20(24)18-7-4-12-23(14-18)27(25,26)15-17-5-2-1-3-6-17/h1-3,5-6,8-11,18H,4,7,12-15H2,(H,22,24)/t18-/m1/s1. The van der Waals surface area contributed by atoms with Crippen LogP contribution in [0.1, 0.15) is 24.0 Å². The van der Waals surface area contributed by atoms with Gasteiger partial charge < -0.3 is 5.32 Å². The molecule has 1 aliphatic heterocycles. The molecule has 2 aromatic rings. The largest absolute Gasteiger partial charge is 0.352 e. The van der Waals surface area contributed by atoms with Crippen molar-refractivity contribution in [2.24, 2.45) is 5.92 Å². The summed E-state index contributed by atoms with van der Waals surface area (Å²) in [6.07, 6.45) is 1.39. The minimum Gasteiger partial charge on any atom is -0.352 e. The number of hydrogen-bond acceptors (Lipinski definition) is 3. The fourth-order valence-corrected chi connectivity index (χ4v) is 4.96. The molecule has 0 bridgehead atoms. The van der Waals surface area contributed by atoms with Crippen molar-refractivity contribution in [3.05, 3.63) is 70.7 Å². The Bertz CT molecular complexity index is 870. The zero-order valence-corrected chi connectivity index (χ0v) is 16.5. The van der Waals surface area contributed by atoms with E-state index in [1.54, 1.807) is 24.3 Å². The predicted molar refractivity (Wildman–Crippen MR) is 107 cm³/mol. The molecular formula is C20H23ClN2O3S. The average molecular weight is 407 g/mol. The van der Waals surface area contributed by atoms with Crippen LogP contribution >= 0.6 is 11.6 Å². The Morgan fingerprint density at radius 1 is 1.07 bits per heavy atom. The van der Waals surface area contributed by atoms with E-state index in [-0.39, 0.29) is 24.1 Å². The molecule has 1 aliphatic rings. The minimum absolute atomic E-state index is 0.0348. The van der Waals surface area contributed by atoms with E-state index >= 15 is 0 Å². The summed E-state index contributed by atoms with van der Waals surface area (Å²) < 4.78 is 26.9. The van der Waals surface area contributed by atoms with Gasteiger partial charge in [0.2, 0.25) is 15.9 Å². The van der Waals surface area contributed by atoms with E-state index in [0.29, 0.717) is 31.0 Å². The fourth-order valence-electron chi connectivity index (χ4n) is 3.22. The van der Waals surface area contributed by atoms with Crippen LogP contribution in [0.2, 0.25) is 5.02 Å². The highest BCUT2D eigenvalue weighted by Gasteiger charge is 2.32. The van der Waals surface area contributed by atoms with Gasteiger partial charge in [0.05, 0.1) is 11.7 Å². The van der Waals surface area contributed by atoms with Crippen molar-refractivity contribution in [1.82, 2.24) is 9.62 Å². The molecule has 0 unspecified atom stereocenters. The van der Waals surface area contributed by atoms with Crippen molar-refractivity contribution < 1.29 is 13.2 Å². The van der Waals surface area contributed by atoms with Crippen molar-refractivity contribution >= 4 is 27.5 Å². The number of halogens is 1. The maximum atomic E-state index is 12.7. The third-order valence-corrected chi connectivity index (χ3v) is 6.79. The van der Waals surface area contributed by atoms with E-state index in [2.05, 4.69) is 5.32 Å². The van der Waals surface area contributed by atoms with Crippen LogP contribution in [0.5, 0.6) is 0 Å². The molecule has 1 saturated heterocycles. The quantitative estimate of drug-likeness (QED) is 0.801. The van der Waals surface area contributed by atoms with Gasteiger partial charge in [0.1, 0.15) is 0 Å². The maximum Gasteiger partial charge on any atom is 0.224 e. The number of nitrogens with one attached hydrogen (secondary N) is 1. The zero-order valence-electron chi connectivity index (χ0n) is 15.0. The third kappa shape index (κ3) is 5.54. The zero-order chi connectivity index (χ0) is 19.3. The number of hydrogen-bond donors (Lipinski definition) is 1. The van der Waals surface area contributed by atoms with Crippen LogP contribution in [0.4, 0.5) is 0 Å². The summed E-state index contributed by atoms with van der Waals surface area (Å²) in [5.41, 5.74) is 1.71. The van der Waals surface area contributed by atoms with E-state index in [9.17, 15) is 13.2 Å². The second-order valence-corrected chi connectivity index (χ2v) is 9.19. The summed E-state index contributed by atoms with van der Waals surface area (Å²) in [5, 5.41) is 3.56. The van der Waals surface area contributed by atoms with Crippen LogP contribution < -0.4 is 5.32 Å². The number of amides is 1. The lowest BCUT2D eigenvalue weighted by molar-refractivity contribution is -0.126. The van der Waals surface area contributed by atoms with Crippen LogP contribution in [0.15, 0.2) is 54.6 Å². The second kappa shape index (κ2) is 8.87. The normalized spacial score (nSPS) is 18.2. The number of piperidine rings is 1. The van der Waals surface area contributed by atoms with Gasteiger partial charge in [0.15, 0.2) is 0 Å². The molecule has 144 valence electrons. The Labute approximate surface area is 165 Å². The van der Waals surface area contributed by atoms with Gasteiger partial charge in [-0.05, 0) is 36.1 Å². The molecule has 1 N–H and O–H groups in total. The van der Waals surface area contributed by atoms with Gasteiger partial charge >= 0.3 is 0 Å². The summed E-state index contributed by atoms with van der Waals surface area (Å²) in [5.74, 6) is -0.464. The Morgan fingerprint density at radius 2 is 1.78 bits per heavy atom. The number of carbonyl (C=O) groups excluding carboxylic acids is 1. The first-order valence-electron chi connectivity index (χ1n) is 8.98. The summed E-state index contributed by atoms with van der Waals surface area (Å²) in [6.45, 7) is 1.11. The molecule has 2 aromatic carbocycles. The van der Waals surface area contributed by atoms with Gasteiger partial charge in [-0.1, -0.05) is 54.1 Å². The van der Waals surface area contributed by atoms with Crippen molar-refractivity contribution in [2.45, 2.75) is 25.1 Å². The first-order chi connectivity index (χ1) is 12.9. The van der Waals surface area contributed by atoms with Crippen LogP contribution in [-0.2, 0) is 27.1 Å². The molecule has 0 aromatic heterocycles. The van der Waals surface area contributed by atoms with E-state index in [4.69, 9.17) is 11.6 Å². The molecule has 27 heavy (non-hydrogen) atoms. The number of sulfonamides is 1. The number of rotatable bonds is 6. The van der Waals surface area contributed by atoms with Gasteiger partial charge in [-0.25, -0.2) is 12.7 Å². The van der Waals surface area contributed by atoms with E-state index in [0.717, 1.165) is 11.1 Å². The monoisotopic (exact) mass is 406 g/mol. The van der Waals surface area contributed by atoms with Gasteiger partial charge in [-0.3, -0.25) is 4.79 Å². The van der Waals surface area contributed by atoms with Crippen LogP contribution in [-0.4, -0.2) is 31.7 Å². The SMILES string of the molecule is O=C(NCc1ccc(Cl)cc1)[C@@H]1CCCN(S(=O)(=O)Cc2ccccc2)C1. The minimum atomic E-state index is -3.44. The highest BCUT2D eigenvalue weighted by atomic mass is 35.5. The Hall–Kier alpha value is -1.89. The fraction of sp³-hybridized carbons (Fsp3) is 0.350. The van der Waals surface area contributed by atoms with Gasteiger partial charge in [-0.2, -0.15) is 0 Å². The molecule has 1 amide bonds. The van der Waals surface area contributed by atoms with Crippen LogP contribution in [0.3, 0.4) is 0 Å². The topological polar surface area (TPSA) is 66.5 Å². The highest BCUT2D eigenvalue weighted by Crippen LogP contribution is 2.22. The molecule has 5 nitrogen and oxygen atoms in total. The van der Waals surface area contributed by atoms with E-state index in [1.165, 1.54) is 4.31 Å². The average Bonchev–Trinajstić information content (AvgIpc) is 2.68. The molecule has 3 rings (SSSR count). The molecular weight excluding hydrogens is 384 g/mol. The number of benzene rings is 2. The second-order valence-electron chi connectivity index (χ2n) is 6.78. The summed E-state index contributed by atoms with van der Waals surface area (Å²) in [6, 6.07) is 16.4. The molecule has 1 atom stereocenters. The lowest BCUT2D eigenvalue weighted by atomic mass is 9.99. The van der Waals surface area contributed by atoms with E-state index in [1.807, 2.05) is 30.3 Å². The lowest BCUT2D eigenvalue weighted by Gasteiger charge is -2.31. The smallest absolute Gasteiger partial charge is 0.224 e. The molecule has 7 heteroatoms. The third-order valence-electron chi connectivity index (χ3n) is 4.72. The van der Waals surface area contributed by atoms with Crippen molar-refractivity contribution in [1.29, 1.82) is 0 Å². The molecule has 0 spiro atoms. The molecule has 1 heterocycles. The lowest BCUT2D eigenvalue weighted by Crippen LogP contribution is -2.45. The maximum absolute atomic E-state index is 12.7. The Morgan fingerprint density at radius 3 is 2.48 bits per heavy atom. The van der Waals surface area contributed by atoms with Gasteiger partial charge in [-0.15, -0.1) is 0 Å². The first kappa shape index (κ1) is 19.9.